The maximum atomic E-state index is 12.2. The van der Waals surface area contributed by atoms with Gasteiger partial charge in [0.05, 0.1) is 19.8 Å². The van der Waals surface area contributed by atoms with E-state index >= 15 is 0 Å². The van der Waals surface area contributed by atoms with Gasteiger partial charge < -0.3 is 14.2 Å². The highest BCUT2D eigenvalue weighted by Crippen LogP contribution is 2.29. The number of carbonyl (C=O) groups is 1. The SMILES string of the molecule is COc1ccccc1C1=N/C(=C/c2ccc(OC)c(C(C)C)c2)C(=O)O1. The molecule has 1 heterocycles. The fraction of sp³-hybridized carbons (Fsp3) is 0.238. The molecule has 0 unspecified atom stereocenters. The lowest BCUT2D eigenvalue weighted by atomic mass is 9.99. The Labute approximate surface area is 152 Å². The first kappa shape index (κ1) is 17.7. The fourth-order valence-corrected chi connectivity index (χ4v) is 2.80. The fourth-order valence-electron chi connectivity index (χ4n) is 2.80. The number of cyclic esters (lactones) is 1. The Hall–Kier alpha value is -3.08. The van der Waals surface area contributed by atoms with Gasteiger partial charge in [0.15, 0.2) is 5.70 Å². The van der Waals surface area contributed by atoms with Gasteiger partial charge in [0.2, 0.25) is 5.90 Å². The summed E-state index contributed by atoms with van der Waals surface area (Å²) in [4.78, 5) is 16.6. The zero-order chi connectivity index (χ0) is 18.7. The van der Waals surface area contributed by atoms with Crippen molar-refractivity contribution in [2.45, 2.75) is 19.8 Å². The van der Waals surface area contributed by atoms with Crippen LogP contribution in [0.25, 0.3) is 6.08 Å². The van der Waals surface area contributed by atoms with Gasteiger partial charge in [0.1, 0.15) is 11.5 Å². The molecule has 0 aromatic heterocycles. The van der Waals surface area contributed by atoms with E-state index in [-0.39, 0.29) is 11.6 Å². The summed E-state index contributed by atoms with van der Waals surface area (Å²) >= 11 is 0. The Morgan fingerprint density at radius 2 is 1.77 bits per heavy atom. The molecule has 0 radical (unpaired) electrons. The second-order valence-corrected chi connectivity index (χ2v) is 6.19. The zero-order valence-electron chi connectivity index (χ0n) is 15.3. The van der Waals surface area contributed by atoms with E-state index in [1.807, 2.05) is 30.3 Å². The molecule has 0 saturated carbocycles. The minimum absolute atomic E-state index is 0.247. The normalized spacial score (nSPS) is 15.2. The summed E-state index contributed by atoms with van der Waals surface area (Å²) in [5, 5.41) is 0. The Morgan fingerprint density at radius 1 is 1.04 bits per heavy atom. The Kier molecular flexibility index (Phi) is 5.07. The van der Waals surface area contributed by atoms with Crippen molar-refractivity contribution < 1.29 is 19.0 Å². The molecule has 0 amide bonds. The molecule has 0 N–H and O–H groups in total. The summed E-state index contributed by atoms with van der Waals surface area (Å²) in [5.74, 6) is 1.50. The maximum absolute atomic E-state index is 12.2. The van der Waals surface area contributed by atoms with E-state index in [0.717, 1.165) is 16.9 Å². The minimum Gasteiger partial charge on any atom is -0.496 e. The number of hydrogen-bond donors (Lipinski definition) is 0. The Balaban J connectivity index is 1.98. The smallest absolute Gasteiger partial charge is 0.363 e. The van der Waals surface area contributed by atoms with Crippen LogP contribution in [-0.2, 0) is 9.53 Å². The topological polar surface area (TPSA) is 57.1 Å². The molecule has 2 aromatic rings. The van der Waals surface area contributed by atoms with E-state index in [1.54, 1.807) is 32.4 Å². The average Bonchev–Trinajstić information content (AvgIpc) is 3.01. The summed E-state index contributed by atoms with van der Waals surface area (Å²) in [7, 11) is 3.22. The van der Waals surface area contributed by atoms with E-state index < -0.39 is 5.97 Å². The molecule has 5 heteroatoms. The van der Waals surface area contributed by atoms with Crippen LogP contribution in [0.1, 0.15) is 36.5 Å². The first-order chi connectivity index (χ1) is 12.5. The molecule has 3 rings (SSSR count). The third-order valence-electron chi connectivity index (χ3n) is 4.14. The van der Waals surface area contributed by atoms with Crippen LogP contribution in [-0.4, -0.2) is 26.1 Å². The number of nitrogens with zero attached hydrogens (tertiary/aromatic N) is 1. The summed E-state index contributed by atoms with van der Waals surface area (Å²) in [6.45, 7) is 4.19. The number of rotatable bonds is 5. The highest BCUT2D eigenvalue weighted by Gasteiger charge is 2.26. The number of carbonyl (C=O) groups excluding carboxylic acids is 1. The molecular formula is C21H21NO4. The quantitative estimate of drug-likeness (QED) is 0.599. The first-order valence-electron chi connectivity index (χ1n) is 8.37. The highest BCUT2D eigenvalue weighted by molar-refractivity contribution is 6.13. The molecule has 0 spiro atoms. The van der Waals surface area contributed by atoms with E-state index in [4.69, 9.17) is 14.2 Å². The van der Waals surface area contributed by atoms with E-state index in [9.17, 15) is 4.79 Å². The van der Waals surface area contributed by atoms with Crippen molar-refractivity contribution in [3.05, 3.63) is 64.9 Å². The molecule has 5 nitrogen and oxygen atoms in total. The molecule has 0 atom stereocenters. The second kappa shape index (κ2) is 7.44. The van der Waals surface area contributed by atoms with Crippen molar-refractivity contribution in [1.29, 1.82) is 0 Å². The summed E-state index contributed by atoms with van der Waals surface area (Å²) in [6.07, 6.45) is 1.72. The van der Waals surface area contributed by atoms with Gasteiger partial charge in [-0.1, -0.05) is 32.0 Å². The van der Waals surface area contributed by atoms with Gasteiger partial charge in [0, 0.05) is 0 Å². The molecule has 2 aromatic carbocycles. The van der Waals surface area contributed by atoms with Crippen LogP contribution in [0, 0.1) is 0 Å². The van der Waals surface area contributed by atoms with Gasteiger partial charge in [-0.3, -0.25) is 0 Å². The van der Waals surface area contributed by atoms with Crippen molar-refractivity contribution in [2.75, 3.05) is 14.2 Å². The minimum atomic E-state index is -0.479. The van der Waals surface area contributed by atoms with Crippen LogP contribution >= 0.6 is 0 Å². The van der Waals surface area contributed by atoms with Crippen molar-refractivity contribution in [3.8, 4) is 11.5 Å². The van der Waals surface area contributed by atoms with Gasteiger partial charge in [-0.15, -0.1) is 0 Å². The number of para-hydroxylation sites is 1. The Bertz CT molecular complexity index is 897. The largest absolute Gasteiger partial charge is 0.496 e. The second-order valence-electron chi connectivity index (χ2n) is 6.19. The van der Waals surface area contributed by atoms with Gasteiger partial charge >= 0.3 is 5.97 Å². The predicted molar refractivity (Wildman–Crippen MR) is 101 cm³/mol. The lowest BCUT2D eigenvalue weighted by molar-refractivity contribution is -0.129. The molecular weight excluding hydrogens is 330 g/mol. The number of methoxy groups -OCH3 is 2. The summed E-state index contributed by atoms with van der Waals surface area (Å²) in [6, 6.07) is 13.1. The van der Waals surface area contributed by atoms with E-state index in [2.05, 4.69) is 18.8 Å². The summed E-state index contributed by atoms with van der Waals surface area (Å²) in [5.41, 5.74) is 2.84. The van der Waals surface area contributed by atoms with Crippen molar-refractivity contribution in [2.24, 2.45) is 4.99 Å². The van der Waals surface area contributed by atoms with Gasteiger partial charge in [-0.2, -0.15) is 0 Å². The van der Waals surface area contributed by atoms with Crippen molar-refractivity contribution in [1.82, 2.24) is 0 Å². The van der Waals surface area contributed by atoms with Crippen LogP contribution in [0.3, 0.4) is 0 Å². The summed E-state index contributed by atoms with van der Waals surface area (Å²) < 4.78 is 16.0. The lowest BCUT2D eigenvalue weighted by Crippen LogP contribution is -2.06. The number of hydrogen-bond acceptors (Lipinski definition) is 5. The van der Waals surface area contributed by atoms with Gasteiger partial charge in [-0.25, -0.2) is 9.79 Å². The van der Waals surface area contributed by atoms with Gasteiger partial charge in [0.25, 0.3) is 0 Å². The lowest BCUT2D eigenvalue weighted by Gasteiger charge is -2.12. The van der Waals surface area contributed by atoms with Crippen LogP contribution in [0.15, 0.2) is 53.2 Å². The number of ether oxygens (including phenoxy) is 3. The number of esters is 1. The number of aliphatic imine (C=N–C) groups is 1. The molecule has 1 aliphatic heterocycles. The van der Waals surface area contributed by atoms with Crippen molar-refractivity contribution >= 4 is 17.9 Å². The molecule has 134 valence electrons. The molecule has 0 aliphatic carbocycles. The van der Waals surface area contributed by atoms with E-state index in [1.165, 1.54) is 0 Å². The number of benzene rings is 2. The average molecular weight is 351 g/mol. The van der Waals surface area contributed by atoms with E-state index in [0.29, 0.717) is 17.2 Å². The van der Waals surface area contributed by atoms with Crippen LogP contribution < -0.4 is 9.47 Å². The molecule has 1 aliphatic rings. The third kappa shape index (κ3) is 3.47. The standard InChI is InChI=1S/C21H21NO4/c1-13(2)16-11-14(9-10-19(16)25-4)12-17-21(23)26-20(22-17)15-7-5-6-8-18(15)24-3/h5-13H,1-4H3/b17-12+. The van der Waals surface area contributed by atoms with Gasteiger partial charge in [-0.05, 0) is 47.4 Å². The molecule has 0 saturated heterocycles. The highest BCUT2D eigenvalue weighted by atomic mass is 16.6. The zero-order valence-corrected chi connectivity index (χ0v) is 15.3. The third-order valence-corrected chi connectivity index (χ3v) is 4.14. The van der Waals surface area contributed by atoms with Crippen LogP contribution in [0.4, 0.5) is 0 Å². The molecule has 0 bridgehead atoms. The Morgan fingerprint density at radius 3 is 2.46 bits per heavy atom. The van der Waals surface area contributed by atoms with Crippen molar-refractivity contribution in [3.63, 3.8) is 0 Å². The molecule has 0 fully saturated rings. The first-order valence-corrected chi connectivity index (χ1v) is 8.37. The van der Waals surface area contributed by atoms with Crippen LogP contribution in [0.5, 0.6) is 11.5 Å². The predicted octanol–water partition coefficient (Wildman–Crippen LogP) is 4.17. The van der Waals surface area contributed by atoms with Crippen LogP contribution in [0.2, 0.25) is 0 Å². The maximum Gasteiger partial charge on any atom is 0.363 e. The monoisotopic (exact) mass is 351 g/mol. The molecule has 26 heavy (non-hydrogen) atoms.